The zero-order valence-corrected chi connectivity index (χ0v) is 11.3. The van der Waals surface area contributed by atoms with Gasteiger partial charge in [0, 0.05) is 12.6 Å². The molecule has 0 spiro atoms. The molecule has 2 aromatic rings. The minimum absolute atomic E-state index is 0.0342. The van der Waals surface area contributed by atoms with E-state index in [0.29, 0.717) is 12.3 Å². The summed E-state index contributed by atoms with van der Waals surface area (Å²) in [6, 6.07) is 11.1. The van der Waals surface area contributed by atoms with Gasteiger partial charge in [0.2, 0.25) is 5.91 Å². The van der Waals surface area contributed by atoms with Gasteiger partial charge in [-0.05, 0) is 36.3 Å². The maximum absolute atomic E-state index is 11.7. The van der Waals surface area contributed by atoms with Gasteiger partial charge in [0.05, 0.1) is 6.61 Å². The number of hydrogen-bond donors (Lipinski definition) is 2. The average molecular weight is 271 g/mol. The topological polar surface area (TPSA) is 62.5 Å². The van der Waals surface area contributed by atoms with Gasteiger partial charge < -0.3 is 14.8 Å². The van der Waals surface area contributed by atoms with Gasteiger partial charge >= 0.3 is 0 Å². The van der Waals surface area contributed by atoms with E-state index >= 15 is 0 Å². The fraction of sp³-hybridized carbons (Fsp3) is 0.188. The van der Waals surface area contributed by atoms with E-state index in [-0.39, 0.29) is 12.5 Å². The van der Waals surface area contributed by atoms with E-state index in [2.05, 4.69) is 5.32 Å². The highest BCUT2D eigenvalue weighted by Gasteiger charge is 2.02. The molecular weight excluding hydrogens is 254 g/mol. The Kier molecular flexibility index (Phi) is 4.74. The summed E-state index contributed by atoms with van der Waals surface area (Å²) in [4.78, 5) is 11.7. The van der Waals surface area contributed by atoms with Gasteiger partial charge in [0.25, 0.3) is 0 Å². The number of nitrogens with one attached hydrogen (secondary N) is 1. The molecule has 4 heteroatoms. The molecule has 0 unspecified atom stereocenters. The second-order valence-corrected chi connectivity index (χ2v) is 4.43. The van der Waals surface area contributed by atoms with Crippen LogP contribution in [0, 0.1) is 6.92 Å². The number of aliphatic hydroxyl groups excluding tert-OH is 1. The highest BCUT2D eigenvalue weighted by Crippen LogP contribution is 2.09. The smallest absolute Gasteiger partial charge is 0.244 e. The molecule has 1 aromatic heterocycles. The molecule has 0 radical (unpaired) electrons. The maximum Gasteiger partial charge on any atom is 0.244 e. The molecule has 0 aliphatic rings. The van der Waals surface area contributed by atoms with E-state index in [1.165, 1.54) is 6.08 Å². The summed E-state index contributed by atoms with van der Waals surface area (Å²) in [6.07, 6.45) is 3.06. The number of carbonyl (C=O) groups excluding carboxylic acids is 1. The number of hydrogen-bond acceptors (Lipinski definition) is 3. The van der Waals surface area contributed by atoms with Crippen molar-refractivity contribution in [3.63, 3.8) is 0 Å². The first-order valence-electron chi connectivity index (χ1n) is 6.39. The van der Waals surface area contributed by atoms with Crippen molar-refractivity contribution in [2.24, 2.45) is 0 Å². The minimum Gasteiger partial charge on any atom is -0.462 e. The summed E-state index contributed by atoms with van der Waals surface area (Å²) in [7, 11) is 0. The molecule has 1 aromatic carbocycles. The summed E-state index contributed by atoms with van der Waals surface area (Å²) in [6.45, 7) is 2.20. The third-order valence-corrected chi connectivity index (χ3v) is 2.90. The van der Waals surface area contributed by atoms with Crippen LogP contribution in [0.4, 0.5) is 0 Å². The number of amides is 1. The Morgan fingerprint density at radius 1 is 1.25 bits per heavy atom. The molecule has 2 rings (SSSR count). The average Bonchev–Trinajstić information content (AvgIpc) is 2.89. The largest absolute Gasteiger partial charge is 0.462 e. The Morgan fingerprint density at radius 2 is 2.00 bits per heavy atom. The van der Waals surface area contributed by atoms with E-state index < -0.39 is 0 Å². The van der Waals surface area contributed by atoms with Crippen LogP contribution >= 0.6 is 0 Å². The molecule has 1 heterocycles. The predicted octanol–water partition coefficient (Wildman–Crippen LogP) is 2.41. The van der Waals surface area contributed by atoms with Crippen LogP contribution in [0.15, 0.2) is 46.9 Å². The third-order valence-electron chi connectivity index (χ3n) is 2.90. The van der Waals surface area contributed by atoms with Crippen LogP contribution in [0.1, 0.15) is 22.6 Å². The molecule has 0 aliphatic heterocycles. The van der Waals surface area contributed by atoms with Crippen molar-refractivity contribution < 1.29 is 14.3 Å². The Labute approximate surface area is 117 Å². The van der Waals surface area contributed by atoms with Crippen molar-refractivity contribution in [2.75, 3.05) is 0 Å². The van der Waals surface area contributed by atoms with Crippen LogP contribution in [0.2, 0.25) is 0 Å². The van der Waals surface area contributed by atoms with Gasteiger partial charge in [-0.1, -0.05) is 24.3 Å². The molecule has 0 saturated heterocycles. The van der Waals surface area contributed by atoms with E-state index in [9.17, 15) is 9.90 Å². The Bertz CT molecular complexity index is 614. The number of aliphatic hydroxyl groups is 1. The molecule has 0 atom stereocenters. The molecule has 20 heavy (non-hydrogen) atoms. The van der Waals surface area contributed by atoms with Crippen LogP contribution < -0.4 is 5.32 Å². The Morgan fingerprint density at radius 3 is 2.65 bits per heavy atom. The second-order valence-electron chi connectivity index (χ2n) is 4.43. The van der Waals surface area contributed by atoms with E-state index in [1.807, 2.05) is 37.3 Å². The molecule has 0 bridgehead atoms. The number of carbonyl (C=O) groups is 1. The third kappa shape index (κ3) is 3.83. The van der Waals surface area contributed by atoms with Crippen LogP contribution in [0.25, 0.3) is 6.08 Å². The quantitative estimate of drug-likeness (QED) is 0.821. The van der Waals surface area contributed by atoms with Crippen LogP contribution in [-0.4, -0.2) is 11.0 Å². The first-order valence-corrected chi connectivity index (χ1v) is 6.39. The molecule has 4 nitrogen and oxygen atoms in total. The lowest BCUT2D eigenvalue weighted by Gasteiger charge is -2.07. The lowest BCUT2D eigenvalue weighted by atomic mass is 10.1. The van der Waals surface area contributed by atoms with Gasteiger partial charge in [0.15, 0.2) is 0 Å². The monoisotopic (exact) mass is 271 g/mol. The zero-order chi connectivity index (χ0) is 14.4. The Hall–Kier alpha value is -2.33. The van der Waals surface area contributed by atoms with Crippen molar-refractivity contribution in [3.05, 3.63) is 65.1 Å². The maximum atomic E-state index is 11.7. The lowest BCUT2D eigenvalue weighted by molar-refractivity contribution is -0.116. The van der Waals surface area contributed by atoms with Crippen molar-refractivity contribution >= 4 is 12.0 Å². The van der Waals surface area contributed by atoms with E-state index in [1.54, 1.807) is 12.1 Å². The molecule has 0 fully saturated rings. The number of rotatable bonds is 5. The van der Waals surface area contributed by atoms with E-state index in [4.69, 9.17) is 4.42 Å². The van der Waals surface area contributed by atoms with Crippen molar-refractivity contribution in [1.82, 2.24) is 5.32 Å². The molecule has 1 amide bonds. The fourth-order valence-corrected chi connectivity index (χ4v) is 1.83. The number of benzene rings is 1. The lowest BCUT2D eigenvalue weighted by Crippen LogP contribution is -2.21. The summed E-state index contributed by atoms with van der Waals surface area (Å²) in [5.74, 6) is 1.25. The van der Waals surface area contributed by atoms with E-state index in [0.717, 1.165) is 16.9 Å². The second kappa shape index (κ2) is 6.73. The number of furan rings is 1. The zero-order valence-electron chi connectivity index (χ0n) is 11.3. The molecule has 2 N–H and O–H groups in total. The van der Waals surface area contributed by atoms with Gasteiger partial charge in [-0.25, -0.2) is 0 Å². The minimum atomic E-state index is -0.202. The first-order chi connectivity index (χ1) is 9.69. The van der Waals surface area contributed by atoms with Crippen LogP contribution in [0.5, 0.6) is 0 Å². The SMILES string of the molecule is Cc1ccc(/C=C/C(=O)NCc2ccccc2CO)o1. The predicted molar refractivity (Wildman–Crippen MR) is 76.7 cm³/mol. The van der Waals surface area contributed by atoms with Crippen molar-refractivity contribution in [2.45, 2.75) is 20.1 Å². The van der Waals surface area contributed by atoms with Gasteiger partial charge in [-0.3, -0.25) is 4.79 Å². The summed E-state index contributed by atoms with van der Waals surface area (Å²) in [5, 5.41) is 12.0. The highest BCUT2D eigenvalue weighted by molar-refractivity contribution is 5.91. The van der Waals surface area contributed by atoms with Gasteiger partial charge in [-0.2, -0.15) is 0 Å². The first kappa shape index (κ1) is 14.1. The van der Waals surface area contributed by atoms with Crippen LogP contribution in [-0.2, 0) is 17.9 Å². The van der Waals surface area contributed by atoms with Crippen molar-refractivity contribution in [3.8, 4) is 0 Å². The number of aryl methyl sites for hydroxylation is 1. The Balaban J connectivity index is 1.90. The summed E-state index contributed by atoms with van der Waals surface area (Å²) in [5.41, 5.74) is 1.73. The summed E-state index contributed by atoms with van der Waals surface area (Å²) >= 11 is 0. The van der Waals surface area contributed by atoms with Gasteiger partial charge in [0.1, 0.15) is 11.5 Å². The van der Waals surface area contributed by atoms with Gasteiger partial charge in [-0.15, -0.1) is 0 Å². The fourth-order valence-electron chi connectivity index (χ4n) is 1.83. The molecule has 104 valence electrons. The molecular formula is C16H17NO3. The molecule has 0 aliphatic carbocycles. The summed E-state index contributed by atoms with van der Waals surface area (Å²) < 4.78 is 5.33. The normalized spacial score (nSPS) is 10.9. The standard InChI is InChI=1S/C16H17NO3/c1-12-6-7-15(20-12)8-9-16(19)17-10-13-4-2-3-5-14(13)11-18/h2-9,18H,10-11H2,1H3,(H,17,19)/b9-8+. The van der Waals surface area contributed by atoms with Crippen LogP contribution in [0.3, 0.4) is 0 Å². The van der Waals surface area contributed by atoms with Crippen molar-refractivity contribution in [1.29, 1.82) is 0 Å². The highest BCUT2D eigenvalue weighted by atomic mass is 16.3. The molecule has 0 saturated carbocycles.